The molecule has 2 N–H and O–H groups in total. The maximum Gasteiger partial charge on any atom is 0.320 e. The van der Waals surface area contributed by atoms with Crippen LogP contribution in [0.4, 0.5) is 4.79 Å². The molecule has 0 aromatic rings. The summed E-state index contributed by atoms with van der Waals surface area (Å²) in [7, 11) is 1.90. The van der Waals surface area contributed by atoms with Crippen molar-refractivity contribution in [3.8, 4) is 0 Å². The molecule has 0 bridgehead atoms. The van der Waals surface area contributed by atoms with Gasteiger partial charge >= 0.3 is 6.03 Å². The van der Waals surface area contributed by atoms with Gasteiger partial charge in [0, 0.05) is 32.1 Å². The van der Waals surface area contributed by atoms with Crippen molar-refractivity contribution in [2.24, 2.45) is 11.7 Å². The van der Waals surface area contributed by atoms with Crippen molar-refractivity contribution >= 4 is 6.03 Å². The lowest BCUT2D eigenvalue weighted by Crippen LogP contribution is -2.56. The van der Waals surface area contributed by atoms with E-state index in [-0.39, 0.29) is 6.03 Å². The van der Waals surface area contributed by atoms with Crippen LogP contribution < -0.4 is 5.73 Å². The van der Waals surface area contributed by atoms with Crippen LogP contribution in [0, 0.1) is 5.92 Å². The third kappa shape index (κ3) is 2.92. The summed E-state index contributed by atoms with van der Waals surface area (Å²) in [6.07, 6.45) is 7.55. The average molecular weight is 239 g/mol. The summed E-state index contributed by atoms with van der Waals surface area (Å²) in [5.41, 5.74) is 5.77. The van der Waals surface area contributed by atoms with Gasteiger partial charge in [0.1, 0.15) is 0 Å². The van der Waals surface area contributed by atoms with Gasteiger partial charge in [0.2, 0.25) is 0 Å². The monoisotopic (exact) mass is 239 g/mol. The number of rotatable bonds is 2. The molecule has 2 amide bonds. The number of hydrogen-bond donors (Lipinski definition) is 1. The highest BCUT2D eigenvalue weighted by molar-refractivity contribution is 5.75. The molecule has 17 heavy (non-hydrogen) atoms. The molecule has 1 aliphatic carbocycles. The first-order chi connectivity index (χ1) is 8.22. The van der Waals surface area contributed by atoms with E-state index in [9.17, 15) is 4.79 Å². The first-order valence-corrected chi connectivity index (χ1v) is 6.94. The second-order valence-electron chi connectivity index (χ2n) is 5.56. The first kappa shape index (κ1) is 12.7. The Kier molecular flexibility index (Phi) is 4.26. The van der Waals surface area contributed by atoms with Crippen molar-refractivity contribution in [2.45, 2.75) is 44.6 Å². The number of nitrogens with zero attached hydrogens (tertiary/aromatic N) is 2. The summed E-state index contributed by atoms with van der Waals surface area (Å²) in [5.74, 6) is 0.445. The van der Waals surface area contributed by atoms with E-state index in [1.54, 1.807) is 0 Å². The number of amides is 2. The summed E-state index contributed by atoms with van der Waals surface area (Å²) < 4.78 is 0. The van der Waals surface area contributed by atoms with Crippen molar-refractivity contribution in [1.29, 1.82) is 0 Å². The Morgan fingerprint density at radius 2 is 1.82 bits per heavy atom. The van der Waals surface area contributed by atoms with Crippen molar-refractivity contribution < 1.29 is 4.79 Å². The van der Waals surface area contributed by atoms with Crippen LogP contribution in [0.25, 0.3) is 0 Å². The van der Waals surface area contributed by atoms with Crippen molar-refractivity contribution in [1.82, 2.24) is 9.80 Å². The van der Waals surface area contributed by atoms with Gasteiger partial charge in [-0.15, -0.1) is 0 Å². The Morgan fingerprint density at radius 3 is 2.41 bits per heavy atom. The maximum absolute atomic E-state index is 12.2. The van der Waals surface area contributed by atoms with Gasteiger partial charge in [-0.1, -0.05) is 25.7 Å². The molecule has 1 heterocycles. The second-order valence-corrected chi connectivity index (χ2v) is 5.56. The van der Waals surface area contributed by atoms with Crippen LogP contribution in [0.3, 0.4) is 0 Å². The van der Waals surface area contributed by atoms with Crippen LogP contribution in [0.5, 0.6) is 0 Å². The summed E-state index contributed by atoms with van der Waals surface area (Å²) in [5, 5.41) is 0. The van der Waals surface area contributed by atoms with Gasteiger partial charge in [-0.05, 0) is 19.4 Å². The lowest BCUT2D eigenvalue weighted by atomic mass is 10.0. The lowest BCUT2D eigenvalue weighted by Gasteiger charge is -2.42. The van der Waals surface area contributed by atoms with Crippen molar-refractivity contribution in [3.63, 3.8) is 0 Å². The molecule has 4 heteroatoms. The molecule has 1 saturated heterocycles. The van der Waals surface area contributed by atoms with Gasteiger partial charge in [0.25, 0.3) is 0 Å². The molecule has 0 radical (unpaired) electrons. The van der Waals surface area contributed by atoms with E-state index < -0.39 is 0 Å². The fourth-order valence-electron chi connectivity index (χ4n) is 3.12. The summed E-state index contributed by atoms with van der Waals surface area (Å²) >= 11 is 0. The predicted molar refractivity (Wildman–Crippen MR) is 68.8 cm³/mol. The van der Waals surface area contributed by atoms with E-state index >= 15 is 0 Å². The normalized spacial score (nSPS) is 28.4. The first-order valence-electron chi connectivity index (χ1n) is 6.94. The van der Waals surface area contributed by atoms with E-state index in [0.717, 1.165) is 13.1 Å². The quantitative estimate of drug-likeness (QED) is 0.745. The highest BCUT2D eigenvalue weighted by Gasteiger charge is 2.33. The van der Waals surface area contributed by atoms with Gasteiger partial charge in [0.15, 0.2) is 0 Å². The van der Waals surface area contributed by atoms with Crippen LogP contribution in [-0.4, -0.2) is 48.6 Å². The Bertz CT molecular complexity index is 261. The fraction of sp³-hybridized carbons (Fsp3) is 0.923. The van der Waals surface area contributed by atoms with E-state index in [2.05, 4.69) is 4.90 Å². The van der Waals surface area contributed by atoms with Gasteiger partial charge in [-0.3, -0.25) is 0 Å². The molecule has 1 aliphatic heterocycles. The molecule has 2 fully saturated rings. The van der Waals surface area contributed by atoms with E-state index in [1.807, 2.05) is 11.9 Å². The third-order valence-corrected chi connectivity index (χ3v) is 4.16. The molecule has 0 aromatic heterocycles. The van der Waals surface area contributed by atoms with Gasteiger partial charge in [-0.25, -0.2) is 4.79 Å². The van der Waals surface area contributed by atoms with E-state index in [0.29, 0.717) is 18.5 Å². The Morgan fingerprint density at radius 1 is 1.18 bits per heavy atom. The van der Waals surface area contributed by atoms with Crippen molar-refractivity contribution in [3.05, 3.63) is 0 Å². The number of urea groups is 1. The largest absolute Gasteiger partial charge is 0.330 e. The minimum absolute atomic E-state index is 0.210. The van der Waals surface area contributed by atoms with Gasteiger partial charge in [-0.2, -0.15) is 0 Å². The minimum Gasteiger partial charge on any atom is -0.330 e. The van der Waals surface area contributed by atoms with Crippen LogP contribution in [0.15, 0.2) is 0 Å². The predicted octanol–water partition coefficient (Wildman–Crippen LogP) is 1.65. The number of hydrogen-bond acceptors (Lipinski definition) is 2. The lowest BCUT2D eigenvalue weighted by molar-refractivity contribution is 0.0894. The van der Waals surface area contributed by atoms with E-state index in [4.69, 9.17) is 5.73 Å². The summed E-state index contributed by atoms with van der Waals surface area (Å²) in [6, 6.07) is 0.670. The van der Waals surface area contributed by atoms with Crippen molar-refractivity contribution in [2.75, 3.05) is 26.7 Å². The highest BCUT2D eigenvalue weighted by atomic mass is 16.2. The molecule has 0 spiro atoms. The zero-order valence-corrected chi connectivity index (χ0v) is 10.9. The Hall–Kier alpha value is -0.770. The topological polar surface area (TPSA) is 49.6 Å². The average Bonchev–Trinajstić information content (AvgIpc) is 2.61. The molecule has 0 aromatic carbocycles. The molecule has 2 aliphatic rings. The zero-order chi connectivity index (χ0) is 12.3. The highest BCUT2D eigenvalue weighted by Crippen LogP contribution is 2.25. The SMILES string of the molecule is CN1CC(CN)CN(C2CCCCCC2)C1=O. The standard InChI is InChI=1S/C13H25N3O/c1-15-9-11(8-14)10-16(13(15)17)12-6-4-2-3-5-7-12/h11-12H,2-10,14H2,1H3. The molecule has 1 unspecified atom stereocenters. The van der Waals surface area contributed by atoms with Crippen LogP contribution in [0.1, 0.15) is 38.5 Å². The zero-order valence-electron chi connectivity index (χ0n) is 10.9. The molecule has 98 valence electrons. The molecule has 1 saturated carbocycles. The molecular formula is C13H25N3O. The Balaban J connectivity index is 2.02. The molecule has 2 rings (SSSR count). The number of carbonyl (C=O) groups is 1. The number of nitrogens with two attached hydrogens (primary N) is 1. The van der Waals surface area contributed by atoms with Crippen LogP contribution >= 0.6 is 0 Å². The molecular weight excluding hydrogens is 214 g/mol. The number of carbonyl (C=O) groups excluding carboxylic acids is 1. The van der Waals surface area contributed by atoms with Crippen LogP contribution in [0.2, 0.25) is 0 Å². The summed E-state index contributed by atoms with van der Waals surface area (Å²) in [4.78, 5) is 16.1. The summed E-state index contributed by atoms with van der Waals surface area (Å²) in [6.45, 7) is 2.36. The smallest absolute Gasteiger partial charge is 0.320 e. The van der Waals surface area contributed by atoms with Crippen LogP contribution in [-0.2, 0) is 0 Å². The minimum atomic E-state index is 0.210. The fourth-order valence-corrected chi connectivity index (χ4v) is 3.12. The molecule has 1 atom stereocenters. The molecule has 4 nitrogen and oxygen atoms in total. The Labute approximate surface area is 104 Å². The van der Waals surface area contributed by atoms with Gasteiger partial charge < -0.3 is 15.5 Å². The van der Waals surface area contributed by atoms with E-state index in [1.165, 1.54) is 38.5 Å². The maximum atomic E-state index is 12.2. The third-order valence-electron chi connectivity index (χ3n) is 4.16. The van der Waals surface area contributed by atoms with Gasteiger partial charge in [0.05, 0.1) is 0 Å². The second kappa shape index (κ2) is 5.71.